The van der Waals surface area contributed by atoms with Gasteiger partial charge in [0.05, 0.1) is 18.6 Å². The summed E-state index contributed by atoms with van der Waals surface area (Å²) in [7, 11) is 1.58. The Balaban J connectivity index is 2.05. The average Bonchev–Trinajstić information content (AvgIpc) is 3.06. The zero-order valence-electron chi connectivity index (χ0n) is 19.8. The Morgan fingerprint density at radius 3 is 2.48 bits per heavy atom. The molecule has 0 aliphatic carbocycles. The number of nitrogens with zero attached hydrogens (tertiary/aromatic N) is 1. The van der Waals surface area contributed by atoms with Gasteiger partial charge in [0, 0.05) is 0 Å². The molecular formula is C25H35NO5S2. The van der Waals surface area contributed by atoms with Crippen LogP contribution in [0.4, 0.5) is 0 Å². The Labute approximate surface area is 206 Å². The molecule has 1 aliphatic rings. The van der Waals surface area contributed by atoms with Gasteiger partial charge in [-0.25, -0.2) is 4.79 Å². The van der Waals surface area contributed by atoms with Gasteiger partial charge in [-0.05, 0) is 36.6 Å². The number of carbonyl (C=O) groups is 2. The second kappa shape index (κ2) is 14.3. The second-order valence-electron chi connectivity index (χ2n) is 8.07. The Morgan fingerprint density at radius 2 is 1.82 bits per heavy atom. The highest BCUT2D eigenvalue weighted by Crippen LogP contribution is 2.36. The van der Waals surface area contributed by atoms with Gasteiger partial charge < -0.3 is 14.6 Å². The average molecular weight is 494 g/mol. The largest absolute Gasteiger partial charge is 0.493 e. The Morgan fingerprint density at radius 1 is 1.12 bits per heavy atom. The SMILES string of the molecule is CCCCCCCCOc1ccc(/C=C2\SC(=S)N(C(CCCC)C(=O)O)C2=O)cc1OC. The minimum Gasteiger partial charge on any atom is -0.493 e. The van der Waals surface area contributed by atoms with E-state index in [2.05, 4.69) is 6.92 Å². The summed E-state index contributed by atoms with van der Waals surface area (Å²) in [6, 6.07) is 4.58. The lowest BCUT2D eigenvalue weighted by Gasteiger charge is -2.22. The van der Waals surface area contributed by atoms with Gasteiger partial charge in [0.1, 0.15) is 10.4 Å². The number of thiocarbonyl (C=S) groups is 1. The molecule has 0 radical (unpaired) electrons. The van der Waals surface area contributed by atoms with E-state index >= 15 is 0 Å². The number of unbranched alkanes of at least 4 members (excludes halogenated alkanes) is 6. The molecule has 0 spiro atoms. The van der Waals surface area contributed by atoms with E-state index in [-0.39, 0.29) is 10.2 Å². The first-order chi connectivity index (χ1) is 15.9. The van der Waals surface area contributed by atoms with Crippen LogP contribution in [0, 0.1) is 0 Å². The number of ether oxygens (including phenoxy) is 2. The smallest absolute Gasteiger partial charge is 0.326 e. The number of aliphatic carboxylic acids is 1. The number of hydrogen-bond acceptors (Lipinski definition) is 6. The van der Waals surface area contributed by atoms with Gasteiger partial charge in [0.15, 0.2) is 11.5 Å². The number of thioether (sulfide) groups is 1. The number of amides is 1. The van der Waals surface area contributed by atoms with Crippen molar-refractivity contribution in [1.29, 1.82) is 0 Å². The third-order valence-electron chi connectivity index (χ3n) is 5.49. The lowest BCUT2D eigenvalue weighted by Crippen LogP contribution is -2.43. The van der Waals surface area contributed by atoms with Gasteiger partial charge >= 0.3 is 5.97 Å². The highest BCUT2D eigenvalue weighted by molar-refractivity contribution is 8.26. The van der Waals surface area contributed by atoms with Crippen LogP contribution in [0.25, 0.3) is 6.08 Å². The topological polar surface area (TPSA) is 76.1 Å². The number of carboxylic acids is 1. The molecule has 8 heteroatoms. The fourth-order valence-corrected chi connectivity index (χ4v) is 4.97. The van der Waals surface area contributed by atoms with E-state index in [9.17, 15) is 14.7 Å². The highest BCUT2D eigenvalue weighted by Gasteiger charge is 2.40. The number of carboxylic acid groups (broad SMARTS) is 1. The molecule has 1 unspecified atom stereocenters. The van der Waals surface area contributed by atoms with Crippen LogP contribution < -0.4 is 9.47 Å². The zero-order chi connectivity index (χ0) is 24.2. The van der Waals surface area contributed by atoms with Crippen molar-refractivity contribution in [2.75, 3.05) is 13.7 Å². The van der Waals surface area contributed by atoms with Crippen molar-refractivity contribution in [1.82, 2.24) is 4.90 Å². The van der Waals surface area contributed by atoms with Crippen molar-refractivity contribution in [3.05, 3.63) is 28.7 Å². The summed E-state index contributed by atoms with van der Waals surface area (Å²) in [6.07, 6.45) is 10.8. The quantitative estimate of drug-likeness (QED) is 0.175. The van der Waals surface area contributed by atoms with Crippen molar-refractivity contribution in [3.8, 4) is 11.5 Å². The molecule has 6 nitrogen and oxygen atoms in total. The van der Waals surface area contributed by atoms with Gasteiger partial charge in [-0.2, -0.15) is 0 Å². The van der Waals surface area contributed by atoms with E-state index in [0.717, 1.165) is 36.6 Å². The monoisotopic (exact) mass is 493 g/mol. The molecule has 182 valence electrons. The molecule has 0 saturated carbocycles. The summed E-state index contributed by atoms with van der Waals surface area (Å²) in [5.74, 6) is -0.136. The van der Waals surface area contributed by atoms with Crippen LogP contribution in [-0.2, 0) is 9.59 Å². The fourth-order valence-electron chi connectivity index (χ4n) is 3.62. The first kappa shape index (κ1) is 27.2. The molecular weight excluding hydrogens is 458 g/mol. The van der Waals surface area contributed by atoms with Crippen LogP contribution >= 0.6 is 24.0 Å². The number of hydrogen-bond donors (Lipinski definition) is 1. The van der Waals surface area contributed by atoms with Crippen LogP contribution in [0.15, 0.2) is 23.1 Å². The molecule has 1 saturated heterocycles. The molecule has 1 atom stereocenters. The molecule has 1 amide bonds. The lowest BCUT2D eigenvalue weighted by atomic mass is 10.1. The second-order valence-corrected chi connectivity index (χ2v) is 9.75. The van der Waals surface area contributed by atoms with E-state index < -0.39 is 12.0 Å². The molecule has 1 aromatic rings. The Hall–Kier alpha value is -2.06. The number of carbonyl (C=O) groups excluding carboxylic acids is 1. The van der Waals surface area contributed by atoms with Crippen LogP contribution in [0.5, 0.6) is 11.5 Å². The third kappa shape index (κ3) is 8.03. The van der Waals surface area contributed by atoms with Crippen LogP contribution in [0.3, 0.4) is 0 Å². The van der Waals surface area contributed by atoms with Crippen molar-refractivity contribution in [2.24, 2.45) is 0 Å². The molecule has 1 aromatic carbocycles. The maximum atomic E-state index is 12.9. The molecule has 1 aliphatic heterocycles. The predicted molar refractivity (Wildman–Crippen MR) is 138 cm³/mol. The van der Waals surface area contributed by atoms with Gasteiger partial charge in [-0.3, -0.25) is 9.69 Å². The first-order valence-electron chi connectivity index (χ1n) is 11.7. The first-order valence-corrected chi connectivity index (χ1v) is 13.0. The van der Waals surface area contributed by atoms with Crippen LogP contribution in [0.2, 0.25) is 0 Å². The molecule has 1 N–H and O–H groups in total. The summed E-state index contributed by atoms with van der Waals surface area (Å²) in [5.41, 5.74) is 0.764. The standard InChI is InChI=1S/C25H35NO5S2/c1-4-6-8-9-10-11-15-31-20-14-13-18(16-21(20)30-3)17-22-23(27)26(25(32)33-22)19(24(28)29)12-7-5-2/h13-14,16-17,19H,4-12,15H2,1-3H3,(H,28,29)/b22-17-. The molecule has 0 aromatic heterocycles. The molecule has 33 heavy (non-hydrogen) atoms. The van der Waals surface area contributed by atoms with Gasteiger partial charge in [-0.1, -0.05) is 88.8 Å². The fraction of sp³-hybridized carbons (Fsp3) is 0.560. The summed E-state index contributed by atoms with van der Waals surface area (Å²) in [4.78, 5) is 26.3. The molecule has 2 rings (SSSR count). The summed E-state index contributed by atoms with van der Waals surface area (Å²) >= 11 is 6.47. The Bertz CT molecular complexity index is 855. The van der Waals surface area contributed by atoms with Gasteiger partial charge in [0.2, 0.25) is 0 Å². The normalized spacial score (nSPS) is 15.8. The summed E-state index contributed by atoms with van der Waals surface area (Å²) in [6.45, 7) is 4.83. The lowest BCUT2D eigenvalue weighted by molar-refractivity contribution is -0.145. The minimum atomic E-state index is -1.03. The minimum absolute atomic E-state index is 0.278. The Kier molecular flexibility index (Phi) is 11.7. The molecule has 1 fully saturated rings. The van der Waals surface area contributed by atoms with E-state index in [1.807, 2.05) is 25.1 Å². The van der Waals surface area contributed by atoms with Crippen molar-refractivity contribution < 1.29 is 24.2 Å². The number of benzene rings is 1. The zero-order valence-corrected chi connectivity index (χ0v) is 21.4. The van der Waals surface area contributed by atoms with E-state index in [4.69, 9.17) is 21.7 Å². The molecule has 1 heterocycles. The highest BCUT2D eigenvalue weighted by atomic mass is 32.2. The maximum absolute atomic E-state index is 12.9. The number of rotatable bonds is 15. The molecule has 0 bridgehead atoms. The third-order valence-corrected chi connectivity index (χ3v) is 6.82. The van der Waals surface area contributed by atoms with Crippen molar-refractivity contribution in [3.63, 3.8) is 0 Å². The van der Waals surface area contributed by atoms with Crippen molar-refractivity contribution in [2.45, 2.75) is 77.7 Å². The summed E-state index contributed by atoms with van der Waals surface area (Å²) in [5, 5.41) is 9.60. The van der Waals surface area contributed by atoms with E-state index in [1.54, 1.807) is 13.2 Å². The van der Waals surface area contributed by atoms with E-state index in [1.165, 1.54) is 30.6 Å². The predicted octanol–water partition coefficient (Wildman–Crippen LogP) is 6.28. The van der Waals surface area contributed by atoms with Crippen molar-refractivity contribution >= 4 is 46.3 Å². The maximum Gasteiger partial charge on any atom is 0.326 e. The summed E-state index contributed by atoms with van der Waals surface area (Å²) < 4.78 is 11.7. The number of methoxy groups -OCH3 is 1. The van der Waals surface area contributed by atoms with Gasteiger partial charge in [0.25, 0.3) is 5.91 Å². The van der Waals surface area contributed by atoms with Crippen LogP contribution in [-0.4, -0.2) is 46.0 Å². The van der Waals surface area contributed by atoms with Gasteiger partial charge in [-0.15, -0.1) is 0 Å². The van der Waals surface area contributed by atoms with Crippen LogP contribution in [0.1, 0.15) is 77.2 Å². The van der Waals surface area contributed by atoms with E-state index in [0.29, 0.717) is 35.9 Å².